The second-order valence-electron chi connectivity index (χ2n) is 6.34. The van der Waals surface area contributed by atoms with Gasteiger partial charge in [-0.3, -0.25) is 0 Å². The van der Waals surface area contributed by atoms with Gasteiger partial charge in [-0.2, -0.15) is 0 Å². The monoisotopic (exact) mass is 369 g/mol. The topological polar surface area (TPSA) is 79.0 Å². The van der Waals surface area contributed by atoms with Crippen LogP contribution in [0.5, 0.6) is 5.75 Å². The zero-order valence-corrected chi connectivity index (χ0v) is 15.9. The number of nitrogens with one attached hydrogen (secondary N) is 1. The van der Waals surface area contributed by atoms with Gasteiger partial charge in [0.15, 0.2) is 0 Å². The maximum absolute atomic E-state index is 12.6. The van der Waals surface area contributed by atoms with E-state index in [-0.39, 0.29) is 12.1 Å². The van der Waals surface area contributed by atoms with Gasteiger partial charge in [-0.25, -0.2) is 18.2 Å². The molecule has 1 unspecified atom stereocenters. The molecular formula is C17H27N3O4S. The van der Waals surface area contributed by atoms with Crippen LogP contribution in [0.1, 0.15) is 31.7 Å². The van der Waals surface area contributed by atoms with E-state index in [2.05, 4.69) is 11.8 Å². The third kappa shape index (κ3) is 5.61. The second kappa shape index (κ2) is 8.53. The van der Waals surface area contributed by atoms with Gasteiger partial charge in [0.1, 0.15) is 5.75 Å². The lowest BCUT2D eigenvalue weighted by molar-refractivity contribution is 0.181. The second-order valence-corrected chi connectivity index (χ2v) is 8.07. The number of urea groups is 1. The quantitative estimate of drug-likeness (QED) is 0.722. The number of hydrogen-bond acceptors (Lipinski definition) is 4. The van der Waals surface area contributed by atoms with Crippen LogP contribution in [0.4, 0.5) is 4.79 Å². The summed E-state index contributed by atoms with van der Waals surface area (Å²) < 4.78 is 28.1. The first-order chi connectivity index (χ1) is 11.8. The first kappa shape index (κ1) is 19.5. The maximum atomic E-state index is 12.6. The number of ether oxygens (including phenoxy) is 1. The van der Waals surface area contributed by atoms with E-state index < -0.39 is 10.0 Å². The molecule has 0 aliphatic carbocycles. The largest absolute Gasteiger partial charge is 0.497 e. The summed E-state index contributed by atoms with van der Waals surface area (Å²) in [4.78, 5) is 16.7. The minimum atomic E-state index is -3.47. The molecule has 1 aliphatic rings. The van der Waals surface area contributed by atoms with Crippen molar-refractivity contribution in [2.75, 3.05) is 26.5 Å². The van der Waals surface area contributed by atoms with Crippen LogP contribution in [0, 0.1) is 0 Å². The van der Waals surface area contributed by atoms with Gasteiger partial charge < -0.3 is 9.64 Å². The minimum Gasteiger partial charge on any atom is -0.497 e. The molecule has 1 fully saturated rings. The molecule has 25 heavy (non-hydrogen) atoms. The molecule has 1 aromatic carbocycles. The van der Waals surface area contributed by atoms with Crippen LogP contribution >= 0.6 is 0 Å². The molecule has 0 radical (unpaired) electrons. The number of methoxy groups -OCH3 is 1. The SMILES string of the molecule is CCCCC1CN(NS(C)(=O)=O)C(=O)N1CCc1ccc(OC)cc1. The fourth-order valence-corrected chi connectivity index (χ4v) is 3.53. The van der Waals surface area contributed by atoms with Crippen LogP contribution in [0.25, 0.3) is 0 Å². The van der Waals surface area contributed by atoms with E-state index in [1.165, 1.54) is 5.01 Å². The Bertz CT molecular complexity index is 676. The Hall–Kier alpha value is -1.80. The van der Waals surface area contributed by atoms with Gasteiger partial charge >= 0.3 is 6.03 Å². The molecule has 0 spiro atoms. The number of carbonyl (C=O) groups excluding carboxylic acids is 1. The van der Waals surface area contributed by atoms with Crippen molar-refractivity contribution < 1.29 is 17.9 Å². The Balaban J connectivity index is 2.03. The summed E-state index contributed by atoms with van der Waals surface area (Å²) in [5.41, 5.74) is 1.11. The van der Waals surface area contributed by atoms with Gasteiger partial charge in [-0.05, 0) is 30.5 Å². The highest BCUT2D eigenvalue weighted by Crippen LogP contribution is 2.21. The van der Waals surface area contributed by atoms with Crippen molar-refractivity contribution >= 4 is 16.1 Å². The number of sulfonamides is 1. The summed E-state index contributed by atoms with van der Waals surface area (Å²) in [6, 6.07) is 7.50. The van der Waals surface area contributed by atoms with Crippen molar-refractivity contribution in [3.05, 3.63) is 29.8 Å². The highest BCUT2D eigenvalue weighted by Gasteiger charge is 2.37. The first-order valence-electron chi connectivity index (χ1n) is 8.52. The lowest BCUT2D eigenvalue weighted by Crippen LogP contribution is -2.44. The van der Waals surface area contributed by atoms with Crippen LogP contribution in [0.2, 0.25) is 0 Å². The van der Waals surface area contributed by atoms with Crippen molar-refractivity contribution in [3.63, 3.8) is 0 Å². The summed E-state index contributed by atoms with van der Waals surface area (Å²) in [6.07, 6.45) is 4.68. The third-order valence-electron chi connectivity index (χ3n) is 4.28. The molecule has 140 valence electrons. The summed E-state index contributed by atoms with van der Waals surface area (Å²) in [5.74, 6) is 0.797. The number of benzene rings is 1. The van der Waals surface area contributed by atoms with Crippen LogP contribution < -0.4 is 9.57 Å². The van der Waals surface area contributed by atoms with Crippen LogP contribution in [0.15, 0.2) is 24.3 Å². The molecule has 1 aliphatic heterocycles. The Morgan fingerprint density at radius 3 is 2.52 bits per heavy atom. The molecule has 1 aromatic rings. The van der Waals surface area contributed by atoms with Gasteiger partial charge in [0, 0.05) is 6.54 Å². The number of hydrazine groups is 1. The predicted octanol–water partition coefficient (Wildman–Crippen LogP) is 2.00. The molecule has 0 aromatic heterocycles. The molecule has 1 atom stereocenters. The zero-order valence-electron chi connectivity index (χ0n) is 15.1. The zero-order chi connectivity index (χ0) is 18.4. The number of rotatable bonds is 9. The molecule has 1 saturated heterocycles. The van der Waals surface area contributed by atoms with Crippen molar-refractivity contribution in [1.29, 1.82) is 0 Å². The number of hydrogen-bond donors (Lipinski definition) is 1. The maximum Gasteiger partial charge on any atom is 0.335 e. The van der Waals surface area contributed by atoms with Crippen LogP contribution in [-0.2, 0) is 16.4 Å². The van der Waals surface area contributed by atoms with Crippen molar-refractivity contribution in [2.24, 2.45) is 0 Å². The standard InChI is InChI=1S/C17H27N3O4S/c1-4-5-6-15-13-20(18-25(3,22)23)17(21)19(15)12-11-14-7-9-16(24-2)10-8-14/h7-10,15,18H,4-6,11-13H2,1-3H3. The van der Waals surface area contributed by atoms with E-state index in [4.69, 9.17) is 4.74 Å². The van der Waals surface area contributed by atoms with E-state index in [0.29, 0.717) is 19.5 Å². The number of nitrogens with zero attached hydrogens (tertiary/aromatic N) is 2. The summed E-state index contributed by atoms with van der Waals surface area (Å²) in [5, 5.41) is 1.21. The molecular weight excluding hydrogens is 342 g/mol. The van der Waals surface area contributed by atoms with Crippen molar-refractivity contribution in [2.45, 2.75) is 38.6 Å². The van der Waals surface area contributed by atoms with Gasteiger partial charge in [0.25, 0.3) is 0 Å². The van der Waals surface area contributed by atoms with Gasteiger partial charge in [0.2, 0.25) is 10.0 Å². The molecule has 0 saturated carbocycles. The van der Waals surface area contributed by atoms with E-state index in [9.17, 15) is 13.2 Å². The molecule has 2 amide bonds. The van der Waals surface area contributed by atoms with Gasteiger partial charge in [-0.1, -0.05) is 31.9 Å². The summed E-state index contributed by atoms with van der Waals surface area (Å²) >= 11 is 0. The lowest BCUT2D eigenvalue weighted by atomic mass is 10.1. The Morgan fingerprint density at radius 1 is 1.28 bits per heavy atom. The van der Waals surface area contributed by atoms with Crippen molar-refractivity contribution in [1.82, 2.24) is 14.7 Å². The highest BCUT2D eigenvalue weighted by molar-refractivity contribution is 7.88. The molecule has 1 heterocycles. The molecule has 1 N–H and O–H groups in total. The molecule has 2 rings (SSSR count). The summed E-state index contributed by atoms with van der Waals surface area (Å²) in [7, 11) is -1.84. The molecule has 7 nitrogen and oxygen atoms in total. The predicted molar refractivity (Wildman–Crippen MR) is 96.8 cm³/mol. The number of carbonyl (C=O) groups is 1. The van der Waals surface area contributed by atoms with E-state index in [0.717, 1.165) is 36.8 Å². The first-order valence-corrected chi connectivity index (χ1v) is 10.4. The normalized spacial score (nSPS) is 18.0. The van der Waals surface area contributed by atoms with E-state index >= 15 is 0 Å². The Morgan fingerprint density at radius 2 is 1.96 bits per heavy atom. The third-order valence-corrected chi connectivity index (χ3v) is 4.83. The smallest absolute Gasteiger partial charge is 0.335 e. The Kier molecular flexibility index (Phi) is 6.66. The lowest BCUT2D eigenvalue weighted by Gasteiger charge is -2.23. The highest BCUT2D eigenvalue weighted by atomic mass is 32.2. The van der Waals surface area contributed by atoms with Gasteiger partial charge in [0.05, 0.1) is 26.0 Å². The number of unbranched alkanes of at least 4 members (excludes halogenated alkanes) is 1. The van der Waals surface area contributed by atoms with Gasteiger partial charge in [-0.15, -0.1) is 4.83 Å². The van der Waals surface area contributed by atoms with Crippen LogP contribution in [-0.4, -0.2) is 56.9 Å². The Labute approximate surface area is 150 Å². The summed E-state index contributed by atoms with van der Waals surface area (Å²) in [6.45, 7) is 3.04. The van der Waals surface area contributed by atoms with Crippen molar-refractivity contribution in [3.8, 4) is 5.75 Å². The van der Waals surface area contributed by atoms with Crippen LogP contribution in [0.3, 0.4) is 0 Å². The van der Waals surface area contributed by atoms with E-state index in [1.54, 1.807) is 12.0 Å². The fourth-order valence-electron chi connectivity index (χ4n) is 2.98. The van der Waals surface area contributed by atoms with E-state index in [1.807, 2.05) is 24.3 Å². The molecule has 0 bridgehead atoms. The fraction of sp³-hybridized carbons (Fsp3) is 0.588. The average Bonchev–Trinajstić information content (AvgIpc) is 2.85. The number of amides is 2. The molecule has 8 heteroatoms. The minimum absolute atomic E-state index is 0.0277. The average molecular weight is 369 g/mol.